The second kappa shape index (κ2) is 8.40. The summed E-state index contributed by atoms with van der Waals surface area (Å²) in [5, 5.41) is -0.607. The normalized spacial score (nSPS) is 11.4. The summed E-state index contributed by atoms with van der Waals surface area (Å²) in [6.45, 7) is 9.89. The molecule has 0 aromatic carbocycles. The van der Waals surface area contributed by atoms with Gasteiger partial charge in [-0.15, -0.1) is 0 Å². The van der Waals surface area contributed by atoms with E-state index in [0.717, 1.165) is 0 Å². The molecule has 0 saturated heterocycles. The Balaban J connectivity index is 3.29. The SMILES string of the molecule is CCCCC[CH2][Sc][Si](C)(C)CCC. The third kappa shape index (κ3) is 9.39. The van der Waals surface area contributed by atoms with E-state index in [1.807, 2.05) is 0 Å². The van der Waals surface area contributed by atoms with Crippen molar-refractivity contribution in [3.05, 3.63) is 0 Å². The van der Waals surface area contributed by atoms with Crippen LogP contribution in [0, 0.1) is 0 Å². The average molecular weight is 231 g/mol. The Bertz CT molecular complexity index is 113. The van der Waals surface area contributed by atoms with Crippen molar-refractivity contribution in [1.82, 2.24) is 0 Å². The summed E-state index contributed by atoms with van der Waals surface area (Å²) >= 11 is 0.187. The number of hydrogen-bond acceptors (Lipinski definition) is 0. The molecule has 0 heterocycles. The Morgan fingerprint density at radius 2 is 1.62 bits per heavy atom. The molecule has 0 fully saturated rings. The number of hydrogen-bond donors (Lipinski definition) is 0. The molecule has 13 heavy (non-hydrogen) atoms. The topological polar surface area (TPSA) is 0 Å². The van der Waals surface area contributed by atoms with Crippen LogP contribution in [0.3, 0.4) is 0 Å². The minimum absolute atomic E-state index is 0.187. The van der Waals surface area contributed by atoms with Crippen molar-refractivity contribution in [3.63, 3.8) is 0 Å². The number of unbranched alkanes of at least 4 members (excludes halogenated alkanes) is 3. The van der Waals surface area contributed by atoms with Gasteiger partial charge in [-0.05, 0) is 0 Å². The predicted molar refractivity (Wildman–Crippen MR) is 61.5 cm³/mol. The van der Waals surface area contributed by atoms with Crippen molar-refractivity contribution < 1.29 is 22.1 Å². The Morgan fingerprint density at radius 3 is 2.15 bits per heavy atom. The molecule has 0 unspecified atom stereocenters. The van der Waals surface area contributed by atoms with Crippen LogP contribution in [0.4, 0.5) is 0 Å². The first kappa shape index (κ1) is 14.1. The monoisotopic (exact) mass is 231 g/mol. The third-order valence-electron chi connectivity index (χ3n) is 2.65. The van der Waals surface area contributed by atoms with Crippen molar-refractivity contribution in [2.75, 3.05) is 0 Å². The molecule has 0 aliphatic carbocycles. The summed E-state index contributed by atoms with van der Waals surface area (Å²) in [7, 11) is 0. The van der Waals surface area contributed by atoms with Crippen LogP contribution in [0.5, 0.6) is 0 Å². The van der Waals surface area contributed by atoms with Gasteiger partial charge in [0.05, 0.1) is 0 Å². The average Bonchev–Trinajstić information content (AvgIpc) is 2.04. The summed E-state index contributed by atoms with van der Waals surface area (Å²) < 4.78 is 1.66. The van der Waals surface area contributed by atoms with Crippen LogP contribution in [0.15, 0.2) is 0 Å². The molecule has 0 radical (unpaired) electrons. The Hall–Kier alpha value is 1.09. The molecule has 0 aliphatic rings. The van der Waals surface area contributed by atoms with Crippen molar-refractivity contribution in [3.8, 4) is 0 Å². The quantitative estimate of drug-likeness (QED) is 0.420. The molecular weight excluding hydrogens is 205 g/mol. The van der Waals surface area contributed by atoms with E-state index < -0.39 is 5.26 Å². The van der Waals surface area contributed by atoms with E-state index in [2.05, 4.69) is 26.9 Å². The Morgan fingerprint density at radius 1 is 0.923 bits per heavy atom. The van der Waals surface area contributed by atoms with Crippen LogP contribution in [-0.4, -0.2) is 5.26 Å². The molecule has 0 aromatic rings. The minimum atomic E-state index is -0.607. The van der Waals surface area contributed by atoms with Crippen molar-refractivity contribution in [2.24, 2.45) is 0 Å². The number of rotatable bonds is 8. The van der Waals surface area contributed by atoms with Crippen molar-refractivity contribution in [2.45, 2.75) is 69.3 Å². The standard InChI is InChI=1S/C6H13.C5H13Si.Sc/c1-3-5-6-4-2;1-4-5-6(2)3;/h1,3-6H2,2H3;4-5H2,1-3H3;. The molecule has 0 N–H and O–H groups in total. The van der Waals surface area contributed by atoms with Gasteiger partial charge in [0.25, 0.3) is 0 Å². The van der Waals surface area contributed by atoms with Gasteiger partial charge >= 0.3 is 96.6 Å². The molecule has 0 aliphatic heterocycles. The summed E-state index contributed by atoms with van der Waals surface area (Å²) in [5.74, 6) is 0. The van der Waals surface area contributed by atoms with Crippen LogP contribution in [0.2, 0.25) is 23.3 Å². The Kier molecular flexibility index (Phi) is 9.10. The summed E-state index contributed by atoms with van der Waals surface area (Å²) in [6, 6.07) is 1.60. The van der Waals surface area contributed by atoms with Gasteiger partial charge in [0.1, 0.15) is 0 Å². The predicted octanol–water partition coefficient (Wildman–Crippen LogP) is 4.68. The molecule has 0 rings (SSSR count). The van der Waals surface area contributed by atoms with Crippen LogP contribution >= 0.6 is 0 Å². The zero-order valence-corrected chi connectivity index (χ0v) is 12.8. The molecular formula is C11H26ScSi. The fourth-order valence-corrected chi connectivity index (χ4v) is 11.7. The first-order chi connectivity index (χ1) is 6.12. The maximum atomic E-state index is 2.62. The van der Waals surface area contributed by atoms with E-state index in [1.165, 1.54) is 25.7 Å². The van der Waals surface area contributed by atoms with E-state index in [-0.39, 0.29) is 22.1 Å². The molecule has 0 atom stereocenters. The van der Waals surface area contributed by atoms with Crippen molar-refractivity contribution >= 4 is 5.26 Å². The van der Waals surface area contributed by atoms with E-state index in [1.54, 1.807) is 16.6 Å². The van der Waals surface area contributed by atoms with Crippen LogP contribution < -0.4 is 0 Å². The van der Waals surface area contributed by atoms with Gasteiger partial charge in [-0.25, -0.2) is 0 Å². The fourth-order valence-electron chi connectivity index (χ4n) is 1.81. The molecule has 77 valence electrons. The first-order valence-electron chi connectivity index (χ1n) is 5.96. The van der Waals surface area contributed by atoms with Gasteiger partial charge in [0, 0.05) is 0 Å². The summed E-state index contributed by atoms with van der Waals surface area (Å²) in [4.78, 5) is 0. The molecule has 0 amide bonds. The van der Waals surface area contributed by atoms with Gasteiger partial charge in [-0.1, -0.05) is 0 Å². The molecule has 0 saturated carbocycles. The van der Waals surface area contributed by atoms with Gasteiger partial charge < -0.3 is 0 Å². The van der Waals surface area contributed by atoms with E-state index in [9.17, 15) is 0 Å². The zero-order valence-electron chi connectivity index (χ0n) is 10.0. The van der Waals surface area contributed by atoms with Gasteiger partial charge in [-0.3, -0.25) is 0 Å². The van der Waals surface area contributed by atoms with Crippen molar-refractivity contribution in [1.29, 1.82) is 0 Å². The molecule has 0 nitrogen and oxygen atoms in total. The van der Waals surface area contributed by atoms with Gasteiger partial charge in [-0.2, -0.15) is 0 Å². The molecule has 0 aromatic heterocycles. The molecule has 2 heteroatoms. The van der Waals surface area contributed by atoms with Crippen LogP contribution in [0.25, 0.3) is 0 Å². The van der Waals surface area contributed by atoms with Crippen LogP contribution in [0.1, 0.15) is 46.0 Å². The zero-order chi connectivity index (χ0) is 10.2. The second-order valence-corrected chi connectivity index (χ2v) is 19.8. The van der Waals surface area contributed by atoms with Gasteiger partial charge in [0.15, 0.2) is 0 Å². The van der Waals surface area contributed by atoms with Crippen LogP contribution in [-0.2, 0) is 22.1 Å². The second-order valence-electron chi connectivity index (χ2n) is 4.79. The maximum absolute atomic E-state index is 2.62. The van der Waals surface area contributed by atoms with Gasteiger partial charge in [0.2, 0.25) is 0 Å². The molecule has 0 spiro atoms. The first-order valence-corrected chi connectivity index (χ1v) is 13.2. The molecule has 0 bridgehead atoms. The summed E-state index contributed by atoms with van der Waals surface area (Å²) in [5.41, 5.74) is 0. The Labute approximate surface area is 96.2 Å². The fraction of sp³-hybridized carbons (Fsp3) is 1.00. The summed E-state index contributed by atoms with van der Waals surface area (Å²) in [6.07, 6.45) is 7.34. The third-order valence-corrected chi connectivity index (χ3v) is 14.4. The van der Waals surface area contributed by atoms with E-state index in [4.69, 9.17) is 0 Å². The van der Waals surface area contributed by atoms with E-state index in [0.29, 0.717) is 0 Å². The van der Waals surface area contributed by atoms with E-state index >= 15 is 0 Å².